The van der Waals surface area contributed by atoms with Crippen LogP contribution in [0.15, 0.2) is 48.5 Å². The van der Waals surface area contributed by atoms with Gasteiger partial charge in [0.05, 0.1) is 17.1 Å². The van der Waals surface area contributed by atoms with E-state index in [2.05, 4.69) is 5.32 Å². The second kappa shape index (κ2) is 6.12. The average Bonchev–Trinajstić information content (AvgIpc) is 2.87. The SMILES string of the molecule is O=C(NC1CCS(=O)(=O)C1)c1cc(-c2ccccc2)ccc1F. The molecule has 1 saturated heterocycles. The van der Waals surface area contributed by atoms with Crippen molar-refractivity contribution in [2.45, 2.75) is 12.5 Å². The lowest BCUT2D eigenvalue weighted by Crippen LogP contribution is -2.36. The molecule has 4 nitrogen and oxygen atoms in total. The first-order chi connectivity index (χ1) is 10.9. The molecule has 0 spiro atoms. The number of hydrogen-bond donors (Lipinski definition) is 1. The minimum absolute atomic E-state index is 0.0600. The summed E-state index contributed by atoms with van der Waals surface area (Å²) in [7, 11) is -3.09. The summed E-state index contributed by atoms with van der Waals surface area (Å²) < 4.78 is 36.9. The van der Waals surface area contributed by atoms with Crippen molar-refractivity contribution in [3.8, 4) is 11.1 Å². The number of carbonyl (C=O) groups excluding carboxylic acids is 1. The Kier molecular flexibility index (Phi) is 4.17. The highest BCUT2D eigenvalue weighted by atomic mass is 32.2. The molecule has 1 heterocycles. The van der Waals surface area contributed by atoms with Crippen LogP contribution >= 0.6 is 0 Å². The third kappa shape index (κ3) is 3.59. The topological polar surface area (TPSA) is 63.2 Å². The first-order valence-electron chi connectivity index (χ1n) is 7.31. The molecule has 6 heteroatoms. The van der Waals surface area contributed by atoms with E-state index in [1.54, 1.807) is 6.07 Å². The highest BCUT2D eigenvalue weighted by Gasteiger charge is 2.29. The van der Waals surface area contributed by atoms with Crippen LogP contribution in [0, 0.1) is 5.82 Å². The molecule has 1 aliphatic heterocycles. The largest absolute Gasteiger partial charge is 0.348 e. The maximum atomic E-state index is 14.0. The molecule has 0 bridgehead atoms. The summed E-state index contributed by atoms with van der Waals surface area (Å²) in [5.41, 5.74) is 1.54. The van der Waals surface area contributed by atoms with Gasteiger partial charge >= 0.3 is 0 Å². The van der Waals surface area contributed by atoms with Gasteiger partial charge in [0.15, 0.2) is 9.84 Å². The zero-order valence-corrected chi connectivity index (χ0v) is 13.1. The molecular formula is C17H16FNO3S. The molecule has 3 rings (SSSR count). The summed E-state index contributed by atoms with van der Waals surface area (Å²) in [6, 6.07) is 13.3. The second-order valence-corrected chi connectivity index (χ2v) is 7.86. The number of nitrogens with one attached hydrogen (secondary N) is 1. The van der Waals surface area contributed by atoms with Crippen LogP contribution in [0.3, 0.4) is 0 Å². The van der Waals surface area contributed by atoms with Gasteiger partial charge in [0.1, 0.15) is 5.82 Å². The Morgan fingerprint density at radius 3 is 2.48 bits per heavy atom. The van der Waals surface area contributed by atoms with Crippen molar-refractivity contribution in [2.75, 3.05) is 11.5 Å². The molecule has 1 unspecified atom stereocenters. The summed E-state index contributed by atoms with van der Waals surface area (Å²) >= 11 is 0. The lowest BCUT2D eigenvalue weighted by Gasteiger charge is -2.12. The highest BCUT2D eigenvalue weighted by Crippen LogP contribution is 2.22. The van der Waals surface area contributed by atoms with E-state index < -0.39 is 27.6 Å². The Morgan fingerprint density at radius 2 is 1.83 bits per heavy atom. The van der Waals surface area contributed by atoms with Crippen LogP contribution in [-0.4, -0.2) is 31.9 Å². The molecule has 1 amide bonds. The number of amides is 1. The molecule has 1 atom stereocenters. The van der Waals surface area contributed by atoms with Crippen LogP contribution in [-0.2, 0) is 9.84 Å². The number of hydrogen-bond acceptors (Lipinski definition) is 3. The number of benzene rings is 2. The molecule has 23 heavy (non-hydrogen) atoms. The maximum absolute atomic E-state index is 14.0. The predicted molar refractivity (Wildman–Crippen MR) is 86.4 cm³/mol. The summed E-state index contributed by atoms with van der Waals surface area (Å²) in [5.74, 6) is -1.23. The van der Waals surface area contributed by atoms with Gasteiger partial charge in [-0.1, -0.05) is 36.4 Å². The summed E-state index contributed by atoms with van der Waals surface area (Å²) in [6.45, 7) is 0. The van der Waals surface area contributed by atoms with Crippen LogP contribution in [0.25, 0.3) is 11.1 Å². The van der Waals surface area contributed by atoms with E-state index >= 15 is 0 Å². The molecule has 120 valence electrons. The third-order valence-electron chi connectivity index (χ3n) is 3.89. The molecule has 0 aliphatic carbocycles. The molecule has 1 aliphatic rings. The normalized spacial score (nSPS) is 19.4. The fourth-order valence-corrected chi connectivity index (χ4v) is 4.35. The van der Waals surface area contributed by atoms with Crippen molar-refractivity contribution in [3.05, 3.63) is 59.9 Å². The first-order valence-corrected chi connectivity index (χ1v) is 9.13. The molecule has 1 fully saturated rings. The van der Waals surface area contributed by atoms with E-state index in [1.807, 2.05) is 30.3 Å². The fourth-order valence-electron chi connectivity index (χ4n) is 2.68. The quantitative estimate of drug-likeness (QED) is 0.938. The lowest BCUT2D eigenvalue weighted by atomic mass is 10.0. The van der Waals surface area contributed by atoms with Crippen molar-refractivity contribution in [3.63, 3.8) is 0 Å². The fraction of sp³-hybridized carbons (Fsp3) is 0.235. The van der Waals surface area contributed by atoms with Gasteiger partial charge in [-0.2, -0.15) is 0 Å². The van der Waals surface area contributed by atoms with E-state index in [1.165, 1.54) is 12.1 Å². The van der Waals surface area contributed by atoms with E-state index in [9.17, 15) is 17.6 Å². The summed E-state index contributed by atoms with van der Waals surface area (Å²) in [6.07, 6.45) is 0.369. The van der Waals surface area contributed by atoms with Crippen molar-refractivity contribution in [1.82, 2.24) is 5.32 Å². The van der Waals surface area contributed by atoms with Crippen molar-refractivity contribution >= 4 is 15.7 Å². The standard InChI is InChI=1S/C17H16FNO3S/c18-16-7-6-13(12-4-2-1-3-5-12)10-15(16)17(20)19-14-8-9-23(21,22)11-14/h1-7,10,14H,8-9,11H2,(H,19,20). The van der Waals surface area contributed by atoms with Gasteiger partial charge in [-0.25, -0.2) is 12.8 Å². The van der Waals surface area contributed by atoms with Gasteiger partial charge < -0.3 is 5.32 Å². The maximum Gasteiger partial charge on any atom is 0.254 e. The minimum Gasteiger partial charge on any atom is -0.348 e. The first kappa shape index (κ1) is 15.7. The van der Waals surface area contributed by atoms with Gasteiger partial charge in [0.2, 0.25) is 0 Å². The second-order valence-electron chi connectivity index (χ2n) is 5.63. The van der Waals surface area contributed by atoms with Gasteiger partial charge in [-0.15, -0.1) is 0 Å². The number of sulfone groups is 1. The Hall–Kier alpha value is -2.21. The Labute approximate surface area is 134 Å². The van der Waals surface area contributed by atoms with Gasteiger partial charge in [0, 0.05) is 6.04 Å². The Balaban J connectivity index is 1.83. The molecule has 0 saturated carbocycles. The van der Waals surface area contributed by atoms with E-state index in [-0.39, 0.29) is 17.1 Å². The Bertz CT molecular complexity index is 834. The zero-order chi connectivity index (χ0) is 16.4. The van der Waals surface area contributed by atoms with Crippen molar-refractivity contribution in [2.24, 2.45) is 0 Å². The minimum atomic E-state index is -3.09. The van der Waals surface area contributed by atoms with Crippen LogP contribution in [0.4, 0.5) is 4.39 Å². The van der Waals surface area contributed by atoms with Crippen molar-refractivity contribution < 1.29 is 17.6 Å². The van der Waals surface area contributed by atoms with Gasteiger partial charge in [0.25, 0.3) is 5.91 Å². The van der Waals surface area contributed by atoms with Crippen molar-refractivity contribution in [1.29, 1.82) is 0 Å². The molecule has 2 aromatic carbocycles. The molecule has 1 N–H and O–H groups in total. The molecular weight excluding hydrogens is 317 g/mol. The van der Waals surface area contributed by atoms with E-state index in [0.29, 0.717) is 6.42 Å². The molecule has 0 aromatic heterocycles. The number of carbonyl (C=O) groups is 1. The van der Waals surface area contributed by atoms with Gasteiger partial charge in [-0.05, 0) is 29.7 Å². The summed E-state index contributed by atoms with van der Waals surface area (Å²) in [4.78, 5) is 12.3. The zero-order valence-electron chi connectivity index (χ0n) is 12.3. The number of halogens is 1. The Morgan fingerprint density at radius 1 is 1.09 bits per heavy atom. The van der Waals surface area contributed by atoms with Crippen LogP contribution in [0.2, 0.25) is 0 Å². The summed E-state index contributed by atoms with van der Waals surface area (Å²) in [5, 5.41) is 2.61. The van der Waals surface area contributed by atoms with Crippen LogP contribution < -0.4 is 5.32 Å². The monoisotopic (exact) mass is 333 g/mol. The van der Waals surface area contributed by atoms with E-state index in [4.69, 9.17) is 0 Å². The molecule has 2 aromatic rings. The van der Waals surface area contributed by atoms with E-state index in [0.717, 1.165) is 11.1 Å². The predicted octanol–water partition coefficient (Wildman–Crippen LogP) is 2.41. The number of rotatable bonds is 3. The third-order valence-corrected chi connectivity index (χ3v) is 5.65. The molecule has 0 radical (unpaired) electrons. The van der Waals surface area contributed by atoms with Crippen LogP contribution in [0.5, 0.6) is 0 Å². The average molecular weight is 333 g/mol. The van der Waals surface area contributed by atoms with Crippen LogP contribution in [0.1, 0.15) is 16.8 Å². The van der Waals surface area contributed by atoms with Gasteiger partial charge in [-0.3, -0.25) is 4.79 Å². The smallest absolute Gasteiger partial charge is 0.254 e. The highest BCUT2D eigenvalue weighted by molar-refractivity contribution is 7.91. The lowest BCUT2D eigenvalue weighted by molar-refractivity contribution is 0.0937.